The average Bonchev–Trinajstić information content (AvgIpc) is 2.80. The molecule has 176 valence electrons. The minimum atomic E-state index is -0.147. The summed E-state index contributed by atoms with van der Waals surface area (Å²) in [5.41, 5.74) is 5.44. The normalized spacial score (nSPS) is 20.9. The maximum atomic E-state index is 14.2. The lowest BCUT2D eigenvalue weighted by atomic mass is 10.0. The van der Waals surface area contributed by atoms with Gasteiger partial charge in [0.15, 0.2) is 0 Å². The summed E-state index contributed by atoms with van der Waals surface area (Å²) in [7, 11) is 0. The van der Waals surface area contributed by atoms with Crippen molar-refractivity contribution < 1.29 is 5.82 Å². The summed E-state index contributed by atoms with van der Waals surface area (Å²) in [5, 5.41) is 3.31. The number of aromatic nitrogens is 2. The molecular formula is C27H36FN5. The van der Waals surface area contributed by atoms with E-state index in [1.165, 1.54) is 5.56 Å². The molecule has 0 aliphatic carbocycles. The third-order valence-electron chi connectivity index (χ3n) is 6.40. The second-order valence-corrected chi connectivity index (χ2v) is 8.83. The summed E-state index contributed by atoms with van der Waals surface area (Å²) < 4.78 is 14.2. The van der Waals surface area contributed by atoms with Gasteiger partial charge in [-0.15, -0.1) is 0 Å². The molecule has 0 spiro atoms. The van der Waals surface area contributed by atoms with Crippen LogP contribution in [0.1, 0.15) is 32.0 Å². The van der Waals surface area contributed by atoms with Gasteiger partial charge < -0.3 is 10.2 Å². The molecule has 1 N–H and O–H groups in total. The minimum Gasteiger partial charge on any atom is -0.354 e. The van der Waals surface area contributed by atoms with Gasteiger partial charge in [-0.25, -0.2) is 14.4 Å². The fourth-order valence-corrected chi connectivity index (χ4v) is 4.69. The molecule has 0 atom stereocenters. The first-order chi connectivity index (χ1) is 15.7. The van der Waals surface area contributed by atoms with Gasteiger partial charge >= 0.3 is 0 Å². The zero-order chi connectivity index (χ0) is 21.8. The molecule has 0 radical (unpaired) electrons. The second-order valence-electron chi connectivity index (χ2n) is 8.83. The maximum absolute atomic E-state index is 14.2. The average molecular weight is 450 g/mol. The van der Waals surface area contributed by atoms with Crippen molar-refractivity contribution in [3.8, 4) is 11.3 Å². The third-order valence-corrected chi connectivity index (χ3v) is 6.40. The molecule has 6 heteroatoms. The predicted octanol–water partition coefficient (Wildman–Crippen LogP) is 4.88. The zero-order valence-electron chi connectivity index (χ0n) is 18.4. The maximum Gasteiger partial charge on any atom is 0.223 e. The Hall–Kier alpha value is -2.83. The first kappa shape index (κ1) is 23.3. The van der Waals surface area contributed by atoms with E-state index in [1.54, 1.807) is 18.3 Å². The van der Waals surface area contributed by atoms with Crippen LogP contribution in [-0.4, -0.2) is 59.0 Å². The highest BCUT2D eigenvalue weighted by atomic mass is 19.1. The Morgan fingerprint density at radius 3 is 2.48 bits per heavy atom. The van der Waals surface area contributed by atoms with Crippen LogP contribution in [0.4, 0.5) is 10.3 Å². The van der Waals surface area contributed by atoms with Crippen LogP contribution in [0.2, 0.25) is 0 Å². The van der Waals surface area contributed by atoms with Crippen molar-refractivity contribution in [1.29, 1.82) is 0 Å². The van der Waals surface area contributed by atoms with Gasteiger partial charge in [-0.1, -0.05) is 31.7 Å². The van der Waals surface area contributed by atoms with Gasteiger partial charge in [0.1, 0.15) is 5.82 Å². The Bertz CT molecular complexity index is 1070. The number of hydrogen-bond donors (Lipinski definition) is 1. The highest BCUT2D eigenvalue weighted by molar-refractivity contribution is 5.61. The fraction of sp³-hybridized carbons (Fsp3) is 0.407. The quantitative estimate of drug-likeness (QED) is 0.530. The summed E-state index contributed by atoms with van der Waals surface area (Å²) in [6, 6.07) is 16.1. The van der Waals surface area contributed by atoms with Gasteiger partial charge in [-0.05, 0) is 66.8 Å². The zero-order valence-corrected chi connectivity index (χ0v) is 18.4. The van der Waals surface area contributed by atoms with Gasteiger partial charge in [-0.2, -0.15) is 0 Å². The molecule has 1 fully saturated rings. The van der Waals surface area contributed by atoms with Crippen LogP contribution in [0.5, 0.6) is 0 Å². The molecule has 8 bridgehead atoms. The molecule has 4 heterocycles. The Morgan fingerprint density at radius 1 is 0.848 bits per heavy atom. The number of benzene rings is 2. The number of piperazine rings is 1. The molecule has 1 saturated heterocycles. The van der Waals surface area contributed by atoms with Gasteiger partial charge in [0, 0.05) is 52.5 Å². The lowest BCUT2D eigenvalue weighted by Crippen LogP contribution is -2.46. The molecule has 3 aliphatic rings. The molecule has 3 aliphatic heterocycles. The number of aryl methyl sites for hydroxylation is 1. The number of fused-ring (bicyclic) bond motifs is 6. The second kappa shape index (κ2) is 10.9. The topological polar surface area (TPSA) is 44.3 Å². The van der Waals surface area contributed by atoms with E-state index in [-0.39, 0.29) is 14.7 Å². The first-order valence-electron chi connectivity index (χ1n) is 11.6. The van der Waals surface area contributed by atoms with E-state index in [0.717, 1.165) is 80.9 Å². The van der Waals surface area contributed by atoms with Crippen molar-refractivity contribution >= 4 is 5.95 Å². The predicted molar refractivity (Wildman–Crippen MR) is 135 cm³/mol. The first-order valence-corrected chi connectivity index (χ1v) is 11.6. The number of halogens is 1. The van der Waals surface area contributed by atoms with Gasteiger partial charge in [-0.3, -0.25) is 4.90 Å². The summed E-state index contributed by atoms with van der Waals surface area (Å²) in [5.74, 6) is 0.460. The summed E-state index contributed by atoms with van der Waals surface area (Å²) in [6.45, 7) is 7.04. The largest absolute Gasteiger partial charge is 0.354 e. The Morgan fingerprint density at radius 2 is 1.64 bits per heavy atom. The molecule has 33 heavy (non-hydrogen) atoms. The lowest BCUT2D eigenvalue weighted by Gasteiger charge is -2.34. The van der Waals surface area contributed by atoms with Crippen LogP contribution in [0.25, 0.3) is 11.3 Å². The molecule has 3 aromatic rings. The van der Waals surface area contributed by atoms with Crippen LogP contribution >= 0.6 is 0 Å². The van der Waals surface area contributed by atoms with E-state index in [2.05, 4.69) is 50.4 Å². The van der Waals surface area contributed by atoms with Gasteiger partial charge in [0.25, 0.3) is 0 Å². The van der Waals surface area contributed by atoms with Crippen molar-refractivity contribution in [2.75, 3.05) is 44.6 Å². The van der Waals surface area contributed by atoms with Crippen molar-refractivity contribution in [2.45, 2.75) is 33.2 Å². The third kappa shape index (κ3) is 6.15. The highest BCUT2D eigenvalue weighted by Gasteiger charge is 2.17. The number of hydrogen-bond acceptors (Lipinski definition) is 5. The summed E-state index contributed by atoms with van der Waals surface area (Å²) in [6.07, 6.45) is 4.50. The standard InChI is InChI=1S/C26H30FN5.CH4.H2/c27-24-17-20-4-2-10-31-11-13-32(14-12-31)19-22-3-1-5-23(16-22)25-7-9-29-26(30-25)28-8-6-21(15-20)18-24;;/h1,3,5,7,9,15-18H,2,4,6,8,10-14,19H2,(H,28,29,30);1H4;1H. The molecule has 0 saturated carbocycles. The van der Waals surface area contributed by atoms with Gasteiger partial charge in [0.2, 0.25) is 5.95 Å². The molecular weight excluding hydrogens is 413 g/mol. The van der Waals surface area contributed by atoms with E-state index >= 15 is 0 Å². The van der Waals surface area contributed by atoms with Crippen LogP contribution in [0, 0.1) is 5.82 Å². The Labute approximate surface area is 198 Å². The molecule has 2 aromatic carbocycles. The Balaban J connectivity index is 0.00000162. The van der Waals surface area contributed by atoms with Crippen molar-refractivity contribution in [1.82, 2.24) is 19.8 Å². The summed E-state index contributed by atoms with van der Waals surface area (Å²) >= 11 is 0. The fourth-order valence-electron chi connectivity index (χ4n) is 4.69. The molecule has 5 nitrogen and oxygen atoms in total. The summed E-state index contributed by atoms with van der Waals surface area (Å²) in [4.78, 5) is 14.2. The number of anilines is 1. The SMILES string of the molecule is C.Fc1cc2cc(c1)CCNc1nccc(n1)-c1cccc(c1)CN1CCN(CCC2)CC1.[HH]. The lowest BCUT2D eigenvalue weighted by molar-refractivity contribution is 0.126. The smallest absolute Gasteiger partial charge is 0.223 e. The number of nitrogens with zero attached hydrogens (tertiary/aromatic N) is 4. The van der Waals surface area contributed by atoms with E-state index in [4.69, 9.17) is 4.98 Å². The van der Waals surface area contributed by atoms with Crippen LogP contribution in [0.15, 0.2) is 54.7 Å². The monoisotopic (exact) mass is 449 g/mol. The van der Waals surface area contributed by atoms with E-state index in [1.807, 2.05) is 6.07 Å². The molecule has 0 unspecified atom stereocenters. The van der Waals surface area contributed by atoms with Crippen LogP contribution in [-0.2, 0) is 19.4 Å². The van der Waals surface area contributed by atoms with Crippen molar-refractivity contribution in [2.24, 2.45) is 0 Å². The van der Waals surface area contributed by atoms with E-state index in [9.17, 15) is 4.39 Å². The number of nitrogens with one attached hydrogen (secondary N) is 1. The van der Waals surface area contributed by atoms with E-state index < -0.39 is 0 Å². The highest BCUT2D eigenvalue weighted by Crippen LogP contribution is 2.21. The molecule has 0 amide bonds. The van der Waals surface area contributed by atoms with Gasteiger partial charge in [0.05, 0.1) is 5.69 Å². The van der Waals surface area contributed by atoms with E-state index in [0.29, 0.717) is 12.5 Å². The molecule has 1 aromatic heterocycles. The number of rotatable bonds is 0. The van der Waals surface area contributed by atoms with Crippen LogP contribution in [0.3, 0.4) is 0 Å². The minimum absolute atomic E-state index is 0. The van der Waals surface area contributed by atoms with Crippen LogP contribution < -0.4 is 5.32 Å². The van der Waals surface area contributed by atoms with Crippen molar-refractivity contribution in [3.05, 3.63) is 77.2 Å². The molecule has 6 rings (SSSR count). The van der Waals surface area contributed by atoms with Crippen molar-refractivity contribution in [3.63, 3.8) is 0 Å². The Kier molecular flexibility index (Phi) is 7.68.